The van der Waals surface area contributed by atoms with Crippen LogP contribution >= 0.6 is 11.5 Å². The maximum atomic E-state index is 5.61. The topological polar surface area (TPSA) is 69.1 Å². The maximum Gasteiger partial charge on any atom is 0.205 e. The molecule has 8 nitrogen and oxygen atoms in total. The molecule has 27 heavy (non-hydrogen) atoms. The number of hydrogen-bond donors (Lipinski definition) is 1. The van der Waals surface area contributed by atoms with Crippen molar-refractivity contribution in [1.82, 2.24) is 24.5 Å². The largest absolute Gasteiger partial charge is 0.378 e. The van der Waals surface area contributed by atoms with Gasteiger partial charge in [0, 0.05) is 76.4 Å². The fourth-order valence-electron chi connectivity index (χ4n) is 3.57. The fraction of sp³-hybridized carbons (Fsp3) is 0.833. The molecule has 1 N–H and O–H groups in total. The predicted octanol–water partition coefficient (Wildman–Crippen LogP) is 0.909. The number of nitrogens with zero attached hydrogens (tertiary/aromatic N) is 6. The number of ether oxygens (including phenoxy) is 1. The van der Waals surface area contributed by atoms with E-state index < -0.39 is 0 Å². The molecule has 152 valence electrons. The summed E-state index contributed by atoms with van der Waals surface area (Å²) in [6, 6.07) is 0. The first-order valence-corrected chi connectivity index (χ1v) is 10.7. The van der Waals surface area contributed by atoms with E-state index in [1.54, 1.807) is 0 Å². The molecule has 0 bridgehead atoms. The Morgan fingerprint density at radius 2 is 2.04 bits per heavy atom. The number of piperazine rings is 1. The SMILES string of the molecule is CCc1nsc(N2CCN(C(=NC)NCCN3CCOCC3(C)C)CC2)n1. The normalized spacial score (nSPS) is 21.6. The lowest BCUT2D eigenvalue weighted by Gasteiger charge is -2.42. The summed E-state index contributed by atoms with van der Waals surface area (Å²) in [5.74, 6) is 1.94. The van der Waals surface area contributed by atoms with Gasteiger partial charge in [-0.15, -0.1) is 0 Å². The van der Waals surface area contributed by atoms with Gasteiger partial charge >= 0.3 is 0 Å². The highest BCUT2D eigenvalue weighted by molar-refractivity contribution is 7.09. The molecule has 1 aromatic heterocycles. The van der Waals surface area contributed by atoms with Crippen LogP contribution in [0.4, 0.5) is 5.13 Å². The van der Waals surface area contributed by atoms with Gasteiger partial charge in [0.25, 0.3) is 0 Å². The molecular formula is C18H33N7OS. The number of aryl methyl sites for hydroxylation is 1. The molecule has 9 heteroatoms. The Hall–Kier alpha value is -1.45. The zero-order chi connectivity index (χ0) is 19.3. The Kier molecular flexibility index (Phi) is 6.88. The summed E-state index contributed by atoms with van der Waals surface area (Å²) >= 11 is 1.51. The molecule has 0 aliphatic carbocycles. The summed E-state index contributed by atoms with van der Waals surface area (Å²) in [7, 11) is 1.87. The monoisotopic (exact) mass is 395 g/mol. The van der Waals surface area contributed by atoms with Gasteiger partial charge in [-0.3, -0.25) is 9.89 Å². The highest BCUT2D eigenvalue weighted by atomic mass is 32.1. The third-order valence-electron chi connectivity index (χ3n) is 5.32. The van der Waals surface area contributed by atoms with Crippen LogP contribution in [0.15, 0.2) is 4.99 Å². The van der Waals surface area contributed by atoms with E-state index in [1.165, 1.54) is 11.5 Å². The van der Waals surface area contributed by atoms with Crippen molar-refractivity contribution >= 4 is 22.6 Å². The number of anilines is 1. The number of guanidine groups is 1. The molecule has 0 unspecified atom stereocenters. The number of rotatable bonds is 5. The van der Waals surface area contributed by atoms with Crippen LogP contribution in [0.3, 0.4) is 0 Å². The molecule has 0 atom stereocenters. The van der Waals surface area contributed by atoms with Crippen molar-refractivity contribution in [2.24, 2.45) is 4.99 Å². The van der Waals surface area contributed by atoms with Crippen LogP contribution in [0.5, 0.6) is 0 Å². The average molecular weight is 396 g/mol. The van der Waals surface area contributed by atoms with E-state index in [0.717, 1.165) is 82.4 Å². The lowest BCUT2D eigenvalue weighted by atomic mass is 10.0. The zero-order valence-corrected chi connectivity index (χ0v) is 17.9. The molecule has 2 saturated heterocycles. The minimum absolute atomic E-state index is 0.105. The van der Waals surface area contributed by atoms with E-state index >= 15 is 0 Å². The second kappa shape index (κ2) is 9.16. The molecular weight excluding hydrogens is 362 g/mol. The molecule has 0 aromatic carbocycles. The third-order valence-corrected chi connectivity index (χ3v) is 6.13. The van der Waals surface area contributed by atoms with Crippen LogP contribution in [-0.4, -0.2) is 96.7 Å². The smallest absolute Gasteiger partial charge is 0.205 e. The van der Waals surface area contributed by atoms with Gasteiger partial charge in [0.05, 0.1) is 13.2 Å². The maximum absolute atomic E-state index is 5.61. The molecule has 2 fully saturated rings. The first kappa shape index (κ1) is 20.3. The average Bonchev–Trinajstić information content (AvgIpc) is 3.16. The molecule has 3 heterocycles. The van der Waals surface area contributed by atoms with Gasteiger partial charge in [-0.1, -0.05) is 6.92 Å². The molecule has 3 rings (SSSR count). The summed E-state index contributed by atoms with van der Waals surface area (Å²) in [5.41, 5.74) is 0.105. The Morgan fingerprint density at radius 3 is 2.67 bits per heavy atom. The second-order valence-electron chi connectivity index (χ2n) is 7.65. The van der Waals surface area contributed by atoms with Crippen molar-refractivity contribution in [3.63, 3.8) is 0 Å². The summed E-state index contributed by atoms with van der Waals surface area (Å²) in [4.78, 5) is 16.3. The Morgan fingerprint density at radius 1 is 1.26 bits per heavy atom. The lowest BCUT2D eigenvalue weighted by molar-refractivity contribution is -0.0496. The molecule has 2 aliphatic heterocycles. The van der Waals surface area contributed by atoms with Crippen molar-refractivity contribution < 1.29 is 4.74 Å². The van der Waals surface area contributed by atoms with E-state index in [4.69, 9.17) is 4.74 Å². The van der Waals surface area contributed by atoms with Gasteiger partial charge in [0.15, 0.2) is 5.96 Å². The first-order valence-electron chi connectivity index (χ1n) is 9.89. The van der Waals surface area contributed by atoms with Gasteiger partial charge < -0.3 is 19.9 Å². The summed E-state index contributed by atoms with van der Waals surface area (Å²) in [6.07, 6.45) is 0.896. The van der Waals surface area contributed by atoms with Crippen molar-refractivity contribution in [3.05, 3.63) is 5.82 Å². The van der Waals surface area contributed by atoms with E-state index in [1.807, 2.05) is 7.05 Å². The minimum Gasteiger partial charge on any atom is -0.378 e. The second-order valence-corrected chi connectivity index (χ2v) is 8.38. The quantitative estimate of drug-likeness (QED) is 0.587. The van der Waals surface area contributed by atoms with Crippen LogP contribution in [0.1, 0.15) is 26.6 Å². The highest BCUT2D eigenvalue weighted by Crippen LogP contribution is 2.20. The van der Waals surface area contributed by atoms with Gasteiger partial charge in [0.2, 0.25) is 5.13 Å². The summed E-state index contributed by atoms with van der Waals surface area (Å²) in [6.45, 7) is 14.9. The lowest BCUT2D eigenvalue weighted by Crippen LogP contribution is -2.56. The Labute approximate surface area is 166 Å². The Bertz CT molecular complexity index is 625. The molecule has 2 aliphatic rings. The van der Waals surface area contributed by atoms with Crippen LogP contribution in [-0.2, 0) is 11.2 Å². The molecule has 0 radical (unpaired) electrons. The van der Waals surface area contributed by atoms with Gasteiger partial charge in [-0.25, -0.2) is 4.98 Å². The van der Waals surface area contributed by atoms with Crippen molar-refractivity contribution in [3.8, 4) is 0 Å². The van der Waals surface area contributed by atoms with E-state index in [0.29, 0.717) is 0 Å². The minimum atomic E-state index is 0.105. The van der Waals surface area contributed by atoms with E-state index in [9.17, 15) is 0 Å². The first-order chi connectivity index (χ1) is 13.0. The summed E-state index contributed by atoms with van der Waals surface area (Å²) in [5, 5.41) is 4.59. The van der Waals surface area contributed by atoms with Crippen molar-refractivity contribution in [1.29, 1.82) is 0 Å². The number of aliphatic imine (C=N–C) groups is 1. The Balaban J connectivity index is 1.45. The fourth-order valence-corrected chi connectivity index (χ4v) is 4.37. The predicted molar refractivity (Wildman–Crippen MR) is 111 cm³/mol. The number of nitrogens with one attached hydrogen (secondary N) is 1. The zero-order valence-electron chi connectivity index (χ0n) is 17.1. The van der Waals surface area contributed by atoms with Gasteiger partial charge in [-0.05, 0) is 13.8 Å². The molecule has 0 spiro atoms. The number of morpholine rings is 1. The van der Waals surface area contributed by atoms with Crippen LogP contribution in [0, 0.1) is 0 Å². The van der Waals surface area contributed by atoms with E-state index in [-0.39, 0.29) is 5.54 Å². The van der Waals surface area contributed by atoms with Crippen LogP contribution < -0.4 is 10.2 Å². The van der Waals surface area contributed by atoms with Crippen LogP contribution in [0.25, 0.3) is 0 Å². The standard InChI is InChI=1S/C18H33N7OS/c1-5-15-21-17(27-22-15)24-10-8-23(9-11-24)16(19-4)20-6-7-25-12-13-26-14-18(25,2)3/h5-14H2,1-4H3,(H,19,20). The van der Waals surface area contributed by atoms with Crippen LogP contribution in [0.2, 0.25) is 0 Å². The van der Waals surface area contributed by atoms with Gasteiger partial charge in [-0.2, -0.15) is 4.37 Å². The molecule has 0 amide bonds. The third kappa shape index (κ3) is 5.08. The number of aromatic nitrogens is 2. The molecule has 0 saturated carbocycles. The summed E-state index contributed by atoms with van der Waals surface area (Å²) < 4.78 is 10.0. The highest BCUT2D eigenvalue weighted by Gasteiger charge is 2.30. The van der Waals surface area contributed by atoms with Gasteiger partial charge in [0.1, 0.15) is 5.82 Å². The van der Waals surface area contributed by atoms with Crippen molar-refractivity contribution in [2.75, 3.05) is 71.0 Å². The van der Waals surface area contributed by atoms with Crippen molar-refractivity contribution in [2.45, 2.75) is 32.7 Å². The molecule has 1 aromatic rings. The number of hydrogen-bond acceptors (Lipinski definition) is 7. The van der Waals surface area contributed by atoms with E-state index in [2.05, 4.69) is 55.1 Å².